The Balaban J connectivity index is 2.15. The first-order valence-corrected chi connectivity index (χ1v) is 7.42. The van der Waals surface area contributed by atoms with E-state index in [-0.39, 0.29) is 11.9 Å². The summed E-state index contributed by atoms with van der Waals surface area (Å²) in [7, 11) is 0. The molecule has 19 heavy (non-hydrogen) atoms. The molecule has 0 aliphatic heterocycles. The van der Waals surface area contributed by atoms with Crippen LogP contribution in [-0.4, -0.2) is 24.5 Å². The van der Waals surface area contributed by atoms with Crippen LogP contribution in [0.2, 0.25) is 5.02 Å². The van der Waals surface area contributed by atoms with Gasteiger partial charge in [0.05, 0.1) is 0 Å². The summed E-state index contributed by atoms with van der Waals surface area (Å²) in [5.41, 5.74) is 6.54. The maximum absolute atomic E-state index is 14.1. The minimum Gasteiger partial charge on any atom is -0.329 e. The zero-order valence-corrected chi connectivity index (χ0v) is 12.2. The highest BCUT2D eigenvalue weighted by atomic mass is 35.5. The maximum atomic E-state index is 14.1. The second-order valence-corrected chi connectivity index (χ2v) is 5.74. The van der Waals surface area contributed by atoms with E-state index in [9.17, 15) is 4.39 Å². The third kappa shape index (κ3) is 3.47. The van der Waals surface area contributed by atoms with Gasteiger partial charge in [-0.25, -0.2) is 4.39 Å². The summed E-state index contributed by atoms with van der Waals surface area (Å²) < 4.78 is 14.1. The molecule has 0 radical (unpaired) electrons. The quantitative estimate of drug-likeness (QED) is 0.865. The first kappa shape index (κ1) is 14.8. The van der Waals surface area contributed by atoms with Gasteiger partial charge in [0, 0.05) is 29.7 Å². The number of hydrogen-bond donors (Lipinski definition) is 1. The van der Waals surface area contributed by atoms with Crippen LogP contribution in [0.15, 0.2) is 18.2 Å². The van der Waals surface area contributed by atoms with Crippen LogP contribution in [0.5, 0.6) is 0 Å². The molecule has 0 aromatic heterocycles. The lowest BCUT2D eigenvalue weighted by Gasteiger charge is -2.36. The molecule has 1 aromatic carbocycles. The van der Waals surface area contributed by atoms with Crippen molar-refractivity contribution in [3.8, 4) is 0 Å². The van der Waals surface area contributed by atoms with E-state index in [1.165, 1.54) is 25.3 Å². The summed E-state index contributed by atoms with van der Waals surface area (Å²) in [5, 5.41) is 0.430. The highest BCUT2D eigenvalue weighted by Gasteiger charge is 2.26. The molecule has 0 bridgehead atoms. The van der Waals surface area contributed by atoms with Crippen molar-refractivity contribution < 1.29 is 4.39 Å². The lowest BCUT2D eigenvalue weighted by Crippen LogP contribution is -2.39. The molecule has 1 aromatic rings. The maximum Gasteiger partial charge on any atom is 0.129 e. The molecule has 106 valence electrons. The molecule has 1 unspecified atom stereocenters. The predicted molar refractivity (Wildman–Crippen MR) is 77.8 cm³/mol. The summed E-state index contributed by atoms with van der Waals surface area (Å²) in [6, 6.07) is 4.82. The van der Waals surface area contributed by atoms with Gasteiger partial charge < -0.3 is 5.73 Å². The summed E-state index contributed by atoms with van der Waals surface area (Å²) in [6.45, 7) is 4.44. The molecule has 0 spiro atoms. The van der Waals surface area contributed by atoms with Crippen molar-refractivity contribution in [2.24, 2.45) is 11.7 Å². The Morgan fingerprint density at radius 2 is 2.21 bits per heavy atom. The Morgan fingerprint density at radius 3 is 2.68 bits per heavy atom. The molecule has 2 N–H and O–H groups in total. The Kier molecular flexibility index (Phi) is 5.20. The van der Waals surface area contributed by atoms with Crippen LogP contribution in [0.4, 0.5) is 4.39 Å². The van der Waals surface area contributed by atoms with Gasteiger partial charge in [-0.15, -0.1) is 0 Å². The molecule has 1 saturated carbocycles. The van der Waals surface area contributed by atoms with Gasteiger partial charge in [0.2, 0.25) is 0 Å². The molecule has 1 fully saturated rings. The molecular formula is C15H22ClFN2. The van der Waals surface area contributed by atoms with E-state index < -0.39 is 0 Å². The Labute approximate surface area is 119 Å². The Morgan fingerprint density at radius 1 is 1.47 bits per heavy atom. The Hall–Kier alpha value is -0.640. The van der Waals surface area contributed by atoms with Crippen molar-refractivity contribution in [3.05, 3.63) is 34.6 Å². The van der Waals surface area contributed by atoms with Gasteiger partial charge in [-0.3, -0.25) is 4.90 Å². The van der Waals surface area contributed by atoms with E-state index in [0.717, 1.165) is 19.0 Å². The van der Waals surface area contributed by atoms with E-state index in [0.29, 0.717) is 17.1 Å². The van der Waals surface area contributed by atoms with Crippen molar-refractivity contribution in [2.45, 2.75) is 32.2 Å². The molecule has 2 nitrogen and oxygen atoms in total. The molecule has 0 saturated heterocycles. The molecule has 0 amide bonds. The van der Waals surface area contributed by atoms with E-state index in [1.54, 1.807) is 12.1 Å². The normalized spacial score (nSPS) is 17.5. The largest absolute Gasteiger partial charge is 0.329 e. The van der Waals surface area contributed by atoms with Crippen molar-refractivity contribution in [1.29, 1.82) is 0 Å². The zero-order chi connectivity index (χ0) is 13.8. The van der Waals surface area contributed by atoms with Gasteiger partial charge in [0.25, 0.3) is 0 Å². The van der Waals surface area contributed by atoms with Crippen LogP contribution in [0.25, 0.3) is 0 Å². The average molecular weight is 285 g/mol. The van der Waals surface area contributed by atoms with Crippen LogP contribution in [-0.2, 0) is 0 Å². The van der Waals surface area contributed by atoms with E-state index >= 15 is 0 Å². The third-order valence-electron chi connectivity index (χ3n) is 4.11. The minimum absolute atomic E-state index is 0.0529. The second kappa shape index (κ2) is 6.69. The molecule has 1 atom stereocenters. The molecule has 1 aliphatic rings. The molecule has 2 rings (SSSR count). The predicted octanol–water partition coefficient (Wildman–Crippen LogP) is 3.60. The van der Waals surface area contributed by atoms with Gasteiger partial charge in [-0.1, -0.05) is 31.0 Å². The van der Waals surface area contributed by atoms with Crippen LogP contribution < -0.4 is 5.73 Å². The van der Waals surface area contributed by atoms with Gasteiger partial charge in [0.15, 0.2) is 0 Å². The average Bonchev–Trinajstić information content (AvgIpc) is 2.33. The fraction of sp³-hybridized carbons (Fsp3) is 0.600. The van der Waals surface area contributed by atoms with Crippen molar-refractivity contribution in [1.82, 2.24) is 4.90 Å². The first-order valence-electron chi connectivity index (χ1n) is 7.04. The Bertz CT molecular complexity index is 421. The summed E-state index contributed by atoms with van der Waals surface area (Å²) in [4.78, 5) is 2.29. The SMILES string of the molecule is CCN(CC1CCC1)C(CN)c1ccc(Cl)cc1F. The number of likely N-dealkylation sites (N-methyl/N-ethyl adjacent to an activating group) is 1. The topological polar surface area (TPSA) is 29.3 Å². The zero-order valence-electron chi connectivity index (χ0n) is 11.4. The lowest BCUT2D eigenvalue weighted by atomic mass is 9.84. The van der Waals surface area contributed by atoms with Crippen LogP contribution in [0.3, 0.4) is 0 Å². The highest BCUT2D eigenvalue weighted by Crippen LogP contribution is 2.31. The van der Waals surface area contributed by atoms with Crippen molar-refractivity contribution >= 4 is 11.6 Å². The van der Waals surface area contributed by atoms with Gasteiger partial charge >= 0.3 is 0 Å². The van der Waals surface area contributed by atoms with Crippen LogP contribution in [0, 0.1) is 11.7 Å². The molecular weight excluding hydrogens is 263 g/mol. The molecule has 4 heteroatoms. The fourth-order valence-electron chi connectivity index (χ4n) is 2.73. The van der Waals surface area contributed by atoms with Gasteiger partial charge in [0.1, 0.15) is 5.82 Å². The molecule has 1 aliphatic carbocycles. The second-order valence-electron chi connectivity index (χ2n) is 5.30. The minimum atomic E-state index is -0.255. The summed E-state index contributed by atoms with van der Waals surface area (Å²) in [6.07, 6.45) is 3.90. The van der Waals surface area contributed by atoms with E-state index in [4.69, 9.17) is 17.3 Å². The van der Waals surface area contributed by atoms with Crippen LogP contribution in [0.1, 0.15) is 37.8 Å². The number of hydrogen-bond acceptors (Lipinski definition) is 2. The smallest absolute Gasteiger partial charge is 0.129 e. The standard InChI is InChI=1S/C15H22ClFN2/c1-2-19(10-11-4-3-5-11)15(9-18)13-7-6-12(16)8-14(13)17/h6-8,11,15H,2-5,9-10,18H2,1H3. The highest BCUT2D eigenvalue weighted by molar-refractivity contribution is 6.30. The first-order chi connectivity index (χ1) is 9.15. The number of rotatable bonds is 6. The number of nitrogens with two attached hydrogens (primary N) is 1. The van der Waals surface area contributed by atoms with E-state index in [1.807, 2.05) is 0 Å². The van der Waals surface area contributed by atoms with Gasteiger partial charge in [-0.05, 0) is 37.4 Å². The fourth-order valence-corrected chi connectivity index (χ4v) is 2.89. The number of benzene rings is 1. The number of nitrogens with zero attached hydrogens (tertiary/aromatic N) is 1. The summed E-state index contributed by atoms with van der Waals surface area (Å²) in [5.74, 6) is 0.499. The van der Waals surface area contributed by atoms with Crippen LogP contribution >= 0.6 is 11.6 Å². The molecule has 0 heterocycles. The summed E-state index contributed by atoms with van der Waals surface area (Å²) >= 11 is 5.81. The monoisotopic (exact) mass is 284 g/mol. The van der Waals surface area contributed by atoms with Crippen molar-refractivity contribution in [2.75, 3.05) is 19.6 Å². The lowest BCUT2D eigenvalue weighted by molar-refractivity contribution is 0.139. The van der Waals surface area contributed by atoms with Gasteiger partial charge in [-0.2, -0.15) is 0 Å². The van der Waals surface area contributed by atoms with E-state index in [2.05, 4.69) is 11.8 Å². The van der Waals surface area contributed by atoms with Crippen molar-refractivity contribution in [3.63, 3.8) is 0 Å². The number of halogens is 2. The third-order valence-corrected chi connectivity index (χ3v) is 4.34.